The van der Waals surface area contributed by atoms with Gasteiger partial charge in [-0.1, -0.05) is 19.1 Å². The van der Waals surface area contributed by atoms with Crippen molar-refractivity contribution < 1.29 is 12.8 Å². The number of hydrogen-bond donors (Lipinski definition) is 1. The Balaban J connectivity index is 2.86. The SMILES string of the molecule is CCNC(CCS(C)(=O)=O)c1ccc(F)c(C)c1. The molecule has 3 nitrogen and oxygen atoms in total. The van der Waals surface area contributed by atoms with Gasteiger partial charge in [0.25, 0.3) is 0 Å². The normalized spacial score (nSPS) is 13.6. The number of halogens is 1. The summed E-state index contributed by atoms with van der Waals surface area (Å²) in [5.74, 6) is -0.113. The third-order valence-electron chi connectivity index (χ3n) is 2.81. The van der Waals surface area contributed by atoms with Crippen LogP contribution in [0.2, 0.25) is 0 Å². The van der Waals surface area contributed by atoms with Gasteiger partial charge in [-0.15, -0.1) is 0 Å². The third kappa shape index (κ3) is 4.74. The van der Waals surface area contributed by atoms with Crippen LogP contribution in [0.3, 0.4) is 0 Å². The van der Waals surface area contributed by atoms with E-state index in [1.807, 2.05) is 6.92 Å². The lowest BCUT2D eigenvalue weighted by atomic mass is 10.0. The largest absolute Gasteiger partial charge is 0.310 e. The van der Waals surface area contributed by atoms with Crippen molar-refractivity contribution in [3.05, 3.63) is 35.1 Å². The molecule has 1 atom stereocenters. The fourth-order valence-corrected chi connectivity index (χ4v) is 2.51. The molecular weight excluding hydrogens is 253 g/mol. The molecule has 0 aliphatic rings. The molecule has 1 rings (SSSR count). The maximum Gasteiger partial charge on any atom is 0.147 e. The highest BCUT2D eigenvalue weighted by molar-refractivity contribution is 7.90. The van der Waals surface area contributed by atoms with E-state index in [2.05, 4.69) is 5.32 Å². The zero-order valence-corrected chi connectivity index (χ0v) is 11.8. The van der Waals surface area contributed by atoms with Gasteiger partial charge in [-0.2, -0.15) is 0 Å². The Hall–Kier alpha value is -0.940. The first-order valence-corrected chi connectivity index (χ1v) is 8.06. The fraction of sp³-hybridized carbons (Fsp3) is 0.538. The van der Waals surface area contributed by atoms with E-state index in [-0.39, 0.29) is 17.6 Å². The summed E-state index contributed by atoms with van der Waals surface area (Å²) in [5, 5.41) is 3.23. The third-order valence-corrected chi connectivity index (χ3v) is 3.79. The molecule has 1 aromatic rings. The maximum atomic E-state index is 13.2. The van der Waals surface area contributed by atoms with E-state index in [1.165, 1.54) is 12.3 Å². The van der Waals surface area contributed by atoms with Gasteiger partial charge in [-0.25, -0.2) is 12.8 Å². The van der Waals surface area contributed by atoms with E-state index in [1.54, 1.807) is 19.1 Å². The van der Waals surface area contributed by atoms with Gasteiger partial charge < -0.3 is 5.32 Å². The number of rotatable bonds is 6. The van der Waals surface area contributed by atoms with Crippen LogP contribution in [0.15, 0.2) is 18.2 Å². The molecule has 0 amide bonds. The maximum absolute atomic E-state index is 13.2. The van der Waals surface area contributed by atoms with Gasteiger partial charge in [0, 0.05) is 12.3 Å². The monoisotopic (exact) mass is 273 g/mol. The Morgan fingerprint density at radius 1 is 1.39 bits per heavy atom. The zero-order valence-electron chi connectivity index (χ0n) is 11.0. The number of hydrogen-bond acceptors (Lipinski definition) is 3. The lowest BCUT2D eigenvalue weighted by Gasteiger charge is -2.18. The lowest BCUT2D eigenvalue weighted by Crippen LogP contribution is -2.23. The highest BCUT2D eigenvalue weighted by Gasteiger charge is 2.14. The molecule has 0 spiro atoms. The standard InChI is InChI=1S/C13H20FNO2S/c1-4-15-13(7-8-18(3,16)17)11-5-6-12(14)10(2)9-11/h5-6,9,13,15H,4,7-8H2,1-3H3. The van der Waals surface area contributed by atoms with Crippen molar-refractivity contribution in [2.24, 2.45) is 0 Å². The Morgan fingerprint density at radius 2 is 2.06 bits per heavy atom. The molecule has 0 bridgehead atoms. The molecule has 18 heavy (non-hydrogen) atoms. The van der Waals surface area contributed by atoms with E-state index >= 15 is 0 Å². The van der Waals surface area contributed by atoms with Crippen molar-refractivity contribution in [2.75, 3.05) is 18.6 Å². The minimum atomic E-state index is -2.98. The molecule has 0 saturated heterocycles. The van der Waals surface area contributed by atoms with Gasteiger partial charge in [0.1, 0.15) is 15.7 Å². The number of aryl methyl sites for hydroxylation is 1. The summed E-state index contributed by atoms with van der Waals surface area (Å²) in [4.78, 5) is 0. The molecule has 0 radical (unpaired) electrons. The second-order valence-electron chi connectivity index (χ2n) is 4.54. The van der Waals surface area contributed by atoms with Crippen LogP contribution in [-0.4, -0.2) is 27.0 Å². The molecular formula is C13H20FNO2S. The molecule has 102 valence electrons. The van der Waals surface area contributed by atoms with Crippen LogP contribution >= 0.6 is 0 Å². The summed E-state index contributed by atoms with van der Waals surface area (Å²) in [6.45, 7) is 4.41. The predicted molar refractivity (Wildman–Crippen MR) is 71.9 cm³/mol. The van der Waals surface area contributed by atoms with Crippen LogP contribution in [0.5, 0.6) is 0 Å². The topological polar surface area (TPSA) is 46.2 Å². The molecule has 0 heterocycles. The van der Waals surface area contributed by atoms with Crippen LogP contribution in [0.25, 0.3) is 0 Å². The Labute approximate surface area is 108 Å². The van der Waals surface area contributed by atoms with Crippen molar-refractivity contribution in [3.63, 3.8) is 0 Å². The first-order chi connectivity index (χ1) is 8.33. The summed E-state index contributed by atoms with van der Waals surface area (Å²) >= 11 is 0. The smallest absolute Gasteiger partial charge is 0.147 e. The minimum absolute atomic E-state index is 0.0518. The van der Waals surface area contributed by atoms with Crippen LogP contribution in [0.1, 0.15) is 30.5 Å². The number of sulfone groups is 1. The van der Waals surface area contributed by atoms with E-state index in [4.69, 9.17) is 0 Å². The second-order valence-corrected chi connectivity index (χ2v) is 6.80. The molecule has 0 saturated carbocycles. The average molecular weight is 273 g/mol. The van der Waals surface area contributed by atoms with Gasteiger partial charge in [0.2, 0.25) is 0 Å². The highest BCUT2D eigenvalue weighted by atomic mass is 32.2. The van der Waals surface area contributed by atoms with Crippen molar-refractivity contribution in [1.29, 1.82) is 0 Å². The van der Waals surface area contributed by atoms with Gasteiger partial charge in [0.15, 0.2) is 0 Å². The van der Waals surface area contributed by atoms with Crippen LogP contribution in [-0.2, 0) is 9.84 Å². The van der Waals surface area contributed by atoms with Gasteiger partial charge in [0.05, 0.1) is 5.75 Å². The quantitative estimate of drug-likeness (QED) is 0.864. The number of nitrogens with one attached hydrogen (secondary N) is 1. The van der Waals surface area contributed by atoms with Crippen molar-refractivity contribution in [2.45, 2.75) is 26.3 Å². The van der Waals surface area contributed by atoms with Crippen molar-refractivity contribution in [1.82, 2.24) is 5.32 Å². The van der Waals surface area contributed by atoms with E-state index in [0.717, 1.165) is 12.1 Å². The van der Waals surface area contributed by atoms with E-state index < -0.39 is 9.84 Å². The summed E-state index contributed by atoms with van der Waals surface area (Å²) in [5.41, 5.74) is 1.51. The van der Waals surface area contributed by atoms with Crippen molar-refractivity contribution in [3.8, 4) is 0 Å². The zero-order chi connectivity index (χ0) is 13.8. The Morgan fingerprint density at radius 3 is 2.56 bits per heavy atom. The average Bonchev–Trinajstić information content (AvgIpc) is 2.27. The molecule has 5 heteroatoms. The molecule has 0 aromatic heterocycles. The predicted octanol–water partition coefficient (Wildman–Crippen LogP) is 2.22. The Kier molecular flexibility index (Phi) is 5.28. The summed E-state index contributed by atoms with van der Waals surface area (Å²) < 4.78 is 35.6. The molecule has 1 N–H and O–H groups in total. The fourth-order valence-electron chi connectivity index (χ4n) is 1.85. The van der Waals surface area contributed by atoms with Gasteiger partial charge in [-0.3, -0.25) is 0 Å². The molecule has 0 aliphatic carbocycles. The van der Waals surface area contributed by atoms with Gasteiger partial charge >= 0.3 is 0 Å². The van der Waals surface area contributed by atoms with Crippen LogP contribution in [0.4, 0.5) is 4.39 Å². The van der Waals surface area contributed by atoms with Gasteiger partial charge in [-0.05, 0) is 37.1 Å². The first kappa shape index (κ1) is 15.1. The molecule has 0 aliphatic heterocycles. The summed E-state index contributed by atoms with van der Waals surface area (Å²) in [6, 6.07) is 4.85. The van der Waals surface area contributed by atoms with Crippen LogP contribution < -0.4 is 5.32 Å². The second kappa shape index (κ2) is 6.29. The van der Waals surface area contributed by atoms with Crippen molar-refractivity contribution >= 4 is 9.84 Å². The summed E-state index contributed by atoms with van der Waals surface area (Å²) in [7, 11) is -2.98. The first-order valence-electron chi connectivity index (χ1n) is 6.00. The lowest BCUT2D eigenvalue weighted by molar-refractivity contribution is 0.527. The highest BCUT2D eigenvalue weighted by Crippen LogP contribution is 2.20. The van der Waals surface area contributed by atoms with Crippen LogP contribution in [0, 0.1) is 12.7 Å². The molecule has 0 fully saturated rings. The Bertz CT molecular complexity index is 500. The minimum Gasteiger partial charge on any atom is -0.310 e. The van der Waals surface area contributed by atoms with E-state index in [0.29, 0.717) is 12.0 Å². The number of benzene rings is 1. The summed E-state index contributed by atoms with van der Waals surface area (Å²) in [6.07, 6.45) is 1.73. The van der Waals surface area contributed by atoms with E-state index in [9.17, 15) is 12.8 Å². The molecule has 1 unspecified atom stereocenters. The molecule has 1 aromatic carbocycles.